The summed E-state index contributed by atoms with van der Waals surface area (Å²) < 4.78 is 17.7. The van der Waals surface area contributed by atoms with E-state index in [4.69, 9.17) is 13.9 Å². The summed E-state index contributed by atoms with van der Waals surface area (Å²) in [5.41, 5.74) is 1.99. The first kappa shape index (κ1) is 20.1. The second-order valence-corrected chi connectivity index (χ2v) is 7.53. The SMILES string of the molecule is COc1cccc(CN(C(=O)Cn2c(=O)oc3ccccc32)C2CCCC2)c1OC. The average Bonchev–Trinajstić information content (AvgIpc) is 3.40. The third-order valence-electron chi connectivity index (χ3n) is 5.78. The van der Waals surface area contributed by atoms with Crippen LogP contribution < -0.4 is 15.2 Å². The Morgan fingerprint density at radius 1 is 1.10 bits per heavy atom. The van der Waals surface area contributed by atoms with Crippen LogP contribution in [0.5, 0.6) is 11.5 Å². The van der Waals surface area contributed by atoms with E-state index in [1.807, 2.05) is 29.2 Å². The van der Waals surface area contributed by atoms with Crippen molar-refractivity contribution in [3.05, 3.63) is 58.6 Å². The van der Waals surface area contributed by atoms with Crippen LogP contribution in [0, 0.1) is 0 Å². The zero-order valence-corrected chi connectivity index (χ0v) is 17.3. The fourth-order valence-corrected chi connectivity index (χ4v) is 4.29. The number of ether oxygens (including phenoxy) is 2. The highest BCUT2D eigenvalue weighted by Crippen LogP contribution is 2.33. The Hall–Kier alpha value is -3.22. The second kappa shape index (κ2) is 8.65. The number of carbonyl (C=O) groups excluding carboxylic acids is 1. The van der Waals surface area contributed by atoms with E-state index < -0.39 is 5.76 Å². The van der Waals surface area contributed by atoms with Gasteiger partial charge in [0.05, 0.1) is 19.7 Å². The van der Waals surface area contributed by atoms with Crippen molar-refractivity contribution in [3.8, 4) is 11.5 Å². The van der Waals surface area contributed by atoms with Crippen molar-refractivity contribution in [1.82, 2.24) is 9.47 Å². The van der Waals surface area contributed by atoms with Crippen LogP contribution in [0.3, 0.4) is 0 Å². The molecule has 1 aliphatic rings. The van der Waals surface area contributed by atoms with Gasteiger partial charge < -0.3 is 18.8 Å². The van der Waals surface area contributed by atoms with Crippen LogP contribution in [0.25, 0.3) is 11.1 Å². The number of para-hydroxylation sites is 3. The Balaban J connectivity index is 1.65. The predicted octanol–water partition coefficient (Wildman–Crippen LogP) is 3.58. The minimum Gasteiger partial charge on any atom is -0.493 e. The van der Waals surface area contributed by atoms with Crippen LogP contribution in [0.4, 0.5) is 0 Å². The van der Waals surface area contributed by atoms with Crippen molar-refractivity contribution in [2.24, 2.45) is 0 Å². The van der Waals surface area contributed by atoms with E-state index in [2.05, 4.69) is 0 Å². The maximum Gasteiger partial charge on any atom is 0.420 e. The van der Waals surface area contributed by atoms with Crippen LogP contribution in [-0.4, -0.2) is 35.6 Å². The molecular formula is C23H26N2O5. The zero-order valence-electron chi connectivity index (χ0n) is 17.3. The molecule has 3 aromatic rings. The minimum absolute atomic E-state index is 0.0569. The molecule has 0 aliphatic heterocycles. The van der Waals surface area contributed by atoms with Crippen molar-refractivity contribution in [2.75, 3.05) is 14.2 Å². The summed E-state index contributed by atoms with van der Waals surface area (Å²) in [6.07, 6.45) is 4.11. The summed E-state index contributed by atoms with van der Waals surface area (Å²) in [5, 5.41) is 0. The average molecular weight is 410 g/mol. The van der Waals surface area contributed by atoms with Gasteiger partial charge in [-0.15, -0.1) is 0 Å². The summed E-state index contributed by atoms with van der Waals surface area (Å²) >= 11 is 0. The van der Waals surface area contributed by atoms with Gasteiger partial charge >= 0.3 is 5.76 Å². The number of hydrogen-bond donors (Lipinski definition) is 0. The van der Waals surface area contributed by atoms with Crippen LogP contribution in [0.15, 0.2) is 51.7 Å². The summed E-state index contributed by atoms with van der Waals surface area (Å²) in [4.78, 5) is 27.6. The number of fused-ring (bicyclic) bond motifs is 1. The molecule has 158 valence electrons. The number of aromatic nitrogens is 1. The zero-order chi connectivity index (χ0) is 21.1. The minimum atomic E-state index is -0.519. The fraction of sp³-hybridized carbons (Fsp3) is 0.391. The van der Waals surface area contributed by atoms with Gasteiger partial charge in [-0.2, -0.15) is 0 Å². The number of benzene rings is 2. The molecule has 0 N–H and O–H groups in total. The molecular weight excluding hydrogens is 384 g/mol. The summed E-state index contributed by atoms with van der Waals surface area (Å²) in [6.45, 7) is 0.340. The summed E-state index contributed by atoms with van der Waals surface area (Å²) in [5.74, 6) is 0.628. The van der Waals surface area contributed by atoms with E-state index in [0.29, 0.717) is 29.1 Å². The Labute approximate surface area is 174 Å². The molecule has 7 heteroatoms. The quantitative estimate of drug-likeness (QED) is 0.595. The first-order valence-corrected chi connectivity index (χ1v) is 10.2. The molecule has 1 heterocycles. The molecule has 7 nitrogen and oxygen atoms in total. The Morgan fingerprint density at radius 2 is 1.87 bits per heavy atom. The number of nitrogens with zero attached hydrogens (tertiary/aromatic N) is 2. The van der Waals surface area contributed by atoms with E-state index in [0.717, 1.165) is 31.2 Å². The lowest BCUT2D eigenvalue weighted by Crippen LogP contribution is -2.41. The molecule has 0 unspecified atom stereocenters. The third-order valence-corrected chi connectivity index (χ3v) is 5.78. The van der Waals surface area contributed by atoms with Crippen molar-refractivity contribution in [1.29, 1.82) is 0 Å². The van der Waals surface area contributed by atoms with Gasteiger partial charge in [0.25, 0.3) is 0 Å². The molecule has 2 aromatic carbocycles. The van der Waals surface area contributed by atoms with Gasteiger partial charge in [0, 0.05) is 18.2 Å². The molecule has 0 bridgehead atoms. The van der Waals surface area contributed by atoms with Crippen molar-refractivity contribution in [2.45, 2.75) is 44.8 Å². The van der Waals surface area contributed by atoms with Crippen LogP contribution in [0.1, 0.15) is 31.2 Å². The number of amides is 1. The van der Waals surface area contributed by atoms with Crippen molar-refractivity contribution < 1.29 is 18.7 Å². The van der Waals surface area contributed by atoms with Gasteiger partial charge in [-0.3, -0.25) is 9.36 Å². The topological polar surface area (TPSA) is 73.9 Å². The van der Waals surface area contributed by atoms with Gasteiger partial charge in [-0.25, -0.2) is 4.79 Å². The molecule has 1 saturated carbocycles. The lowest BCUT2D eigenvalue weighted by atomic mass is 10.1. The number of methoxy groups -OCH3 is 2. The highest BCUT2D eigenvalue weighted by molar-refractivity contribution is 5.80. The van der Waals surface area contributed by atoms with E-state index in [9.17, 15) is 9.59 Å². The molecule has 0 atom stereocenters. The number of oxazole rings is 1. The highest BCUT2D eigenvalue weighted by atomic mass is 16.5. The Bertz CT molecular complexity index is 1090. The molecule has 0 radical (unpaired) electrons. The first-order valence-electron chi connectivity index (χ1n) is 10.2. The molecule has 1 aliphatic carbocycles. The van der Waals surface area contributed by atoms with E-state index in [1.54, 1.807) is 32.4 Å². The smallest absolute Gasteiger partial charge is 0.420 e. The van der Waals surface area contributed by atoms with Crippen LogP contribution in [0.2, 0.25) is 0 Å². The van der Waals surface area contributed by atoms with E-state index >= 15 is 0 Å². The lowest BCUT2D eigenvalue weighted by molar-refractivity contribution is -0.134. The molecule has 0 saturated heterocycles. The van der Waals surface area contributed by atoms with E-state index in [-0.39, 0.29) is 18.5 Å². The molecule has 1 aromatic heterocycles. The Morgan fingerprint density at radius 3 is 2.60 bits per heavy atom. The molecule has 30 heavy (non-hydrogen) atoms. The Kier molecular flexibility index (Phi) is 5.79. The number of rotatable bonds is 7. The molecule has 4 rings (SSSR count). The normalized spacial score (nSPS) is 14.2. The number of hydrogen-bond acceptors (Lipinski definition) is 5. The lowest BCUT2D eigenvalue weighted by Gasteiger charge is -2.30. The number of carbonyl (C=O) groups is 1. The van der Waals surface area contributed by atoms with Gasteiger partial charge in [-0.1, -0.05) is 37.1 Å². The summed E-state index contributed by atoms with van der Waals surface area (Å²) in [6, 6.07) is 13.0. The molecule has 0 spiro atoms. The van der Waals surface area contributed by atoms with Gasteiger partial charge in [0.15, 0.2) is 17.1 Å². The maximum absolute atomic E-state index is 13.4. The fourth-order valence-electron chi connectivity index (χ4n) is 4.29. The van der Waals surface area contributed by atoms with E-state index in [1.165, 1.54) is 4.57 Å². The third kappa shape index (κ3) is 3.79. The highest BCUT2D eigenvalue weighted by Gasteiger charge is 2.29. The molecule has 1 fully saturated rings. The monoisotopic (exact) mass is 410 g/mol. The van der Waals surface area contributed by atoms with Gasteiger partial charge in [-0.05, 0) is 31.0 Å². The largest absolute Gasteiger partial charge is 0.493 e. The maximum atomic E-state index is 13.4. The summed E-state index contributed by atoms with van der Waals surface area (Å²) in [7, 11) is 3.19. The van der Waals surface area contributed by atoms with Crippen molar-refractivity contribution >= 4 is 17.0 Å². The van der Waals surface area contributed by atoms with Gasteiger partial charge in [0.2, 0.25) is 5.91 Å². The van der Waals surface area contributed by atoms with Crippen LogP contribution in [-0.2, 0) is 17.9 Å². The standard InChI is InChI=1S/C23H26N2O5/c1-28-20-13-7-8-16(22(20)29-2)14-24(17-9-3-4-10-17)21(26)15-25-18-11-5-6-12-19(18)30-23(25)27/h5-8,11-13,17H,3-4,9-10,14-15H2,1-2H3. The second-order valence-electron chi connectivity index (χ2n) is 7.53. The van der Waals surface area contributed by atoms with Crippen LogP contribution >= 0.6 is 0 Å². The van der Waals surface area contributed by atoms with Crippen molar-refractivity contribution in [3.63, 3.8) is 0 Å². The predicted molar refractivity (Wildman–Crippen MR) is 113 cm³/mol. The van der Waals surface area contributed by atoms with Gasteiger partial charge in [0.1, 0.15) is 6.54 Å². The first-order chi connectivity index (χ1) is 14.6. The molecule has 1 amide bonds.